The number of hydrogen-bond donors (Lipinski definition) is 1. The van der Waals surface area contributed by atoms with Crippen LogP contribution in [0.1, 0.15) is 13.3 Å². The fourth-order valence-electron chi connectivity index (χ4n) is 3.25. The van der Waals surface area contributed by atoms with Gasteiger partial charge >= 0.3 is 0 Å². The van der Waals surface area contributed by atoms with Crippen molar-refractivity contribution in [3.8, 4) is 11.6 Å². The normalized spacial score (nSPS) is 23.3. The molecule has 1 N–H and O–H groups in total. The van der Waals surface area contributed by atoms with Gasteiger partial charge < -0.3 is 19.5 Å². The van der Waals surface area contributed by atoms with E-state index in [-0.39, 0.29) is 17.9 Å². The first-order valence-electron chi connectivity index (χ1n) is 8.06. The summed E-state index contributed by atoms with van der Waals surface area (Å²) in [6.07, 6.45) is 2.14. The van der Waals surface area contributed by atoms with E-state index in [1.54, 1.807) is 20.4 Å². The van der Waals surface area contributed by atoms with Crippen molar-refractivity contribution in [1.29, 1.82) is 0 Å². The molecule has 0 aliphatic carbocycles. The van der Waals surface area contributed by atoms with E-state index < -0.39 is 6.10 Å². The third-order valence-corrected chi connectivity index (χ3v) is 4.55. The van der Waals surface area contributed by atoms with Crippen LogP contribution < -0.4 is 14.8 Å². The van der Waals surface area contributed by atoms with Crippen LogP contribution in [-0.4, -0.2) is 43.9 Å². The lowest BCUT2D eigenvalue weighted by Crippen LogP contribution is -2.35. The number of carbonyl (C=O) groups excluding carboxylic acids is 1. The van der Waals surface area contributed by atoms with Gasteiger partial charge in [-0.15, -0.1) is 0 Å². The zero-order chi connectivity index (χ0) is 17.1. The van der Waals surface area contributed by atoms with E-state index in [4.69, 9.17) is 14.2 Å². The predicted molar refractivity (Wildman–Crippen MR) is 90.3 cm³/mol. The molecule has 1 aromatic carbocycles. The van der Waals surface area contributed by atoms with Crippen molar-refractivity contribution in [1.82, 2.24) is 10.3 Å². The minimum Gasteiger partial charge on any atom is -0.497 e. The van der Waals surface area contributed by atoms with Gasteiger partial charge in [0.25, 0.3) is 0 Å². The minimum absolute atomic E-state index is 0.0782. The Hall–Kier alpha value is -2.34. The molecule has 1 saturated heterocycles. The number of nitrogens with zero attached hydrogens (tertiary/aromatic N) is 1. The van der Waals surface area contributed by atoms with Crippen molar-refractivity contribution in [2.24, 2.45) is 5.92 Å². The third-order valence-electron chi connectivity index (χ3n) is 4.55. The monoisotopic (exact) mass is 330 g/mol. The predicted octanol–water partition coefficient (Wildman–Crippen LogP) is 2.16. The Morgan fingerprint density at radius 2 is 2.08 bits per heavy atom. The van der Waals surface area contributed by atoms with Crippen LogP contribution in [0.2, 0.25) is 0 Å². The molecular weight excluding hydrogens is 308 g/mol. The molecule has 128 valence electrons. The molecule has 2 aromatic rings. The number of carbonyl (C=O) groups is 1. The van der Waals surface area contributed by atoms with Crippen LogP contribution in [0.5, 0.6) is 11.6 Å². The molecule has 3 rings (SSSR count). The fraction of sp³-hybridized carbons (Fsp3) is 0.444. The average molecular weight is 330 g/mol. The highest BCUT2D eigenvalue weighted by atomic mass is 16.5. The molecule has 6 heteroatoms. The highest BCUT2D eigenvalue weighted by Crippen LogP contribution is 2.29. The molecule has 6 nitrogen and oxygen atoms in total. The first-order valence-corrected chi connectivity index (χ1v) is 8.06. The van der Waals surface area contributed by atoms with Crippen molar-refractivity contribution in [3.63, 3.8) is 0 Å². The first-order chi connectivity index (χ1) is 11.7. The van der Waals surface area contributed by atoms with Gasteiger partial charge in [0.05, 0.1) is 13.2 Å². The van der Waals surface area contributed by atoms with Gasteiger partial charge in [0, 0.05) is 24.6 Å². The van der Waals surface area contributed by atoms with E-state index in [0.717, 1.165) is 22.9 Å². The zero-order valence-corrected chi connectivity index (χ0v) is 14.1. The zero-order valence-electron chi connectivity index (χ0n) is 14.1. The molecule has 0 radical (unpaired) electrons. The Morgan fingerprint density at radius 3 is 2.79 bits per heavy atom. The average Bonchev–Trinajstić information content (AvgIpc) is 2.93. The molecule has 1 amide bonds. The van der Waals surface area contributed by atoms with Crippen LogP contribution in [0.25, 0.3) is 10.8 Å². The van der Waals surface area contributed by atoms with Gasteiger partial charge in [-0.25, -0.2) is 4.98 Å². The number of fused-ring (bicyclic) bond motifs is 1. The molecule has 2 heterocycles. The number of rotatable bonds is 6. The SMILES string of the molecule is CC[C@H]1[C@@H](COc2nccc3ccc(OC)cc23)NC(=O)[C@@H]1OC. The molecule has 3 atom stereocenters. The maximum atomic E-state index is 12.0. The van der Waals surface area contributed by atoms with Gasteiger partial charge in [-0.1, -0.05) is 13.0 Å². The van der Waals surface area contributed by atoms with E-state index in [9.17, 15) is 4.79 Å². The summed E-state index contributed by atoms with van der Waals surface area (Å²) in [6.45, 7) is 2.40. The number of aromatic nitrogens is 1. The number of nitrogens with one attached hydrogen (secondary N) is 1. The van der Waals surface area contributed by atoms with E-state index in [2.05, 4.69) is 10.3 Å². The molecule has 24 heavy (non-hydrogen) atoms. The topological polar surface area (TPSA) is 69.7 Å². The van der Waals surface area contributed by atoms with Crippen molar-refractivity contribution in [2.75, 3.05) is 20.8 Å². The van der Waals surface area contributed by atoms with Crippen molar-refractivity contribution < 1.29 is 19.0 Å². The van der Waals surface area contributed by atoms with Gasteiger partial charge in [-0.3, -0.25) is 4.79 Å². The number of hydrogen-bond acceptors (Lipinski definition) is 5. The standard InChI is InChI=1S/C18H22N2O4/c1-4-13-15(20-17(21)16(13)23-3)10-24-18-14-9-12(22-2)6-5-11(14)7-8-19-18/h5-9,13,15-16H,4,10H2,1-3H3,(H,20,21)/t13-,15+,16+/m0/s1. The molecule has 1 aliphatic heterocycles. The van der Waals surface area contributed by atoms with Gasteiger partial charge in [0.15, 0.2) is 0 Å². The summed E-state index contributed by atoms with van der Waals surface area (Å²) in [7, 11) is 3.19. The van der Waals surface area contributed by atoms with Gasteiger partial charge in [0.2, 0.25) is 11.8 Å². The highest BCUT2D eigenvalue weighted by molar-refractivity contribution is 5.88. The third kappa shape index (κ3) is 3.01. The Labute approximate surface area is 141 Å². The van der Waals surface area contributed by atoms with Crippen LogP contribution >= 0.6 is 0 Å². The first kappa shape index (κ1) is 16.5. The maximum absolute atomic E-state index is 12.0. The van der Waals surface area contributed by atoms with Gasteiger partial charge in [0.1, 0.15) is 18.5 Å². The summed E-state index contributed by atoms with van der Waals surface area (Å²) < 4.78 is 16.5. The molecule has 0 saturated carbocycles. The van der Waals surface area contributed by atoms with Gasteiger partial charge in [-0.2, -0.15) is 0 Å². The van der Waals surface area contributed by atoms with E-state index in [1.807, 2.05) is 31.2 Å². The highest BCUT2D eigenvalue weighted by Gasteiger charge is 2.41. The minimum atomic E-state index is -0.413. The number of benzene rings is 1. The van der Waals surface area contributed by atoms with Crippen molar-refractivity contribution in [2.45, 2.75) is 25.5 Å². The molecule has 0 bridgehead atoms. The number of amides is 1. The lowest BCUT2D eigenvalue weighted by Gasteiger charge is -2.20. The summed E-state index contributed by atoms with van der Waals surface area (Å²) in [5.74, 6) is 1.30. The Balaban J connectivity index is 1.79. The van der Waals surface area contributed by atoms with Crippen LogP contribution in [0.15, 0.2) is 30.5 Å². The van der Waals surface area contributed by atoms with E-state index in [1.165, 1.54) is 0 Å². The lowest BCUT2D eigenvalue weighted by molar-refractivity contribution is -0.128. The lowest BCUT2D eigenvalue weighted by atomic mass is 9.96. The van der Waals surface area contributed by atoms with Crippen molar-refractivity contribution >= 4 is 16.7 Å². The molecule has 0 spiro atoms. The second-order valence-corrected chi connectivity index (χ2v) is 5.86. The van der Waals surface area contributed by atoms with E-state index in [0.29, 0.717) is 12.5 Å². The Morgan fingerprint density at radius 1 is 1.25 bits per heavy atom. The largest absolute Gasteiger partial charge is 0.497 e. The second kappa shape index (κ2) is 7.05. The number of ether oxygens (including phenoxy) is 3. The van der Waals surface area contributed by atoms with Crippen LogP contribution in [0, 0.1) is 5.92 Å². The number of pyridine rings is 1. The van der Waals surface area contributed by atoms with Crippen LogP contribution in [0.3, 0.4) is 0 Å². The molecule has 1 fully saturated rings. The summed E-state index contributed by atoms with van der Waals surface area (Å²) in [5, 5.41) is 4.87. The maximum Gasteiger partial charge on any atom is 0.249 e. The van der Waals surface area contributed by atoms with E-state index >= 15 is 0 Å². The molecule has 0 unspecified atom stereocenters. The molecule has 1 aliphatic rings. The summed E-state index contributed by atoms with van der Waals surface area (Å²) in [6, 6.07) is 7.61. The fourth-order valence-corrected chi connectivity index (χ4v) is 3.25. The summed E-state index contributed by atoms with van der Waals surface area (Å²) in [4.78, 5) is 16.3. The van der Waals surface area contributed by atoms with Crippen LogP contribution in [0.4, 0.5) is 0 Å². The number of methoxy groups -OCH3 is 2. The Bertz CT molecular complexity index is 734. The molecule has 1 aromatic heterocycles. The quantitative estimate of drug-likeness (QED) is 0.879. The van der Waals surface area contributed by atoms with Crippen LogP contribution in [-0.2, 0) is 9.53 Å². The second-order valence-electron chi connectivity index (χ2n) is 5.86. The summed E-state index contributed by atoms with van der Waals surface area (Å²) in [5.41, 5.74) is 0. The smallest absolute Gasteiger partial charge is 0.249 e. The van der Waals surface area contributed by atoms with Gasteiger partial charge in [-0.05, 0) is 30.0 Å². The Kier molecular flexibility index (Phi) is 4.85. The summed E-state index contributed by atoms with van der Waals surface area (Å²) >= 11 is 0. The van der Waals surface area contributed by atoms with Crippen molar-refractivity contribution in [3.05, 3.63) is 30.5 Å². The molecular formula is C18H22N2O4.